The van der Waals surface area contributed by atoms with Gasteiger partial charge in [-0.3, -0.25) is 4.90 Å². The minimum absolute atomic E-state index is 0.167. The van der Waals surface area contributed by atoms with Gasteiger partial charge in [-0.2, -0.15) is 5.10 Å². The number of benzene rings is 3. The van der Waals surface area contributed by atoms with E-state index in [9.17, 15) is 9.50 Å². The maximum absolute atomic E-state index is 14.6. The molecule has 5 rings (SSSR count). The monoisotopic (exact) mass is 485 g/mol. The van der Waals surface area contributed by atoms with Gasteiger partial charge in [0, 0.05) is 19.1 Å². The van der Waals surface area contributed by atoms with Crippen LogP contribution in [0.1, 0.15) is 36.6 Å². The van der Waals surface area contributed by atoms with Crippen molar-refractivity contribution < 1.29 is 14.2 Å². The minimum atomic E-state index is -0.488. The molecule has 1 fully saturated rings. The van der Waals surface area contributed by atoms with Gasteiger partial charge in [0.1, 0.15) is 0 Å². The number of hydrogen-bond donors (Lipinski definition) is 1. The zero-order valence-corrected chi connectivity index (χ0v) is 20.6. The summed E-state index contributed by atoms with van der Waals surface area (Å²) in [7, 11) is 0. The van der Waals surface area contributed by atoms with Gasteiger partial charge in [-0.1, -0.05) is 67.6 Å². The molecule has 4 aromatic rings. The fraction of sp³-hybridized carbons (Fsp3) is 0.300. The zero-order chi connectivity index (χ0) is 24.9. The normalized spacial score (nSPS) is 14.2. The van der Waals surface area contributed by atoms with Crippen molar-refractivity contribution in [2.24, 2.45) is 0 Å². The van der Waals surface area contributed by atoms with Crippen LogP contribution in [0.4, 0.5) is 4.39 Å². The van der Waals surface area contributed by atoms with Gasteiger partial charge in [-0.25, -0.2) is 9.07 Å². The molecule has 6 heteroatoms. The first-order valence-electron chi connectivity index (χ1n) is 12.7. The molecule has 0 radical (unpaired) electrons. The molecule has 1 heterocycles. The average molecular weight is 486 g/mol. The van der Waals surface area contributed by atoms with E-state index in [2.05, 4.69) is 11.8 Å². The van der Waals surface area contributed by atoms with Crippen LogP contribution in [0.15, 0.2) is 84.9 Å². The van der Waals surface area contributed by atoms with Crippen LogP contribution in [0.2, 0.25) is 0 Å². The molecule has 1 aromatic heterocycles. The smallest absolute Gasteiger partial charge is 0.227 e. The summed E-state index contributed by atoms with van der Waals surface area (Å²) in [4.78, 5) is 2.33. The van der Waals surface area contributed by atoms with E-state index in [0.29, 0.717) is 37.9 Å². The molecule has 0 aliphatic heterocycles. The third kappa shape index (κ3) is 5.66. The predicted molar refractivity (Wildman–Crippen MR) is 139 cm³/mol. The average Bonchev–Trinajstić information content (AvgIpc) is 3.69. The number of halogens is 1. The van der Waals surface area contributed by atoms with Crippen LogP contribution in [0.5, 0.6) is 11.6 Å². The Bertz CT molecular complexity index is 1270. The lowest BCUT2D eigenvalue weighted by atomic mass is 10.1. The standard InChI is InChI=1S/C30H32FN3O2/c1-2-28-26(21-33(23-17-18-23)20-25(35)19-22-11-5-3-6-12-22)30(36-29-16-10-9-15-27(29)31)34(32-28)24-13-7-4-8-14-24/h3-16,23,25,35H,2,17-21H2,1H3. The second kappa shape index (κ2) is 11.1. The Labute approximate surface area is 211 Å². The second-order valence-corrected chi connectivity index (χ2v) is 9.37. The predicted octanol–water partition coefficient (Wildman–Crippen LogP) is 5.93. The molecule has 0 bridgehead atoms. The summed E-state index contributed by atoms with van der Waals surface area (Å²) in [6, 6.07) is 26.7. The number of para-hydroxylation sites is 2. The summed E-state index contributed by atoms with van der Waals surface area (Å²) in [6.07, 6.45) is 3.05. The van der Waals surface area contributed by atoms with Crippen molar-refractivity contribution in [3.8, 4) is 17.3 Å². The highest BCUT2D eigenvalue weighted by Gasteiger charge is 2.33. The summed E-state index contributed by atoms with van der Waals surface area (Å²) in [5.74, 6) is 0.270. The number of ether oxygens (including phenoxy) is 1. The molecule has 0 spiro atoms. The van der Waals surface area contributed by atoms with Gasteiger partial charge in [-0.15, -0.1) is 0 Å². The first kappa shape index (κ1) is 24.2. The Kier molecular flexibility index (Phi) is 7.44. The van der Waals surface area contributed by atoms with E-state index in [0.717, 1.165) is 35.3 Å². The highest BCUT2D eigenvalue weighted by Crippen LogP contribution is 2.36. The number of rotatable bonds is 11. The van der Waals surface area contributed by atoms with Crippen LogP contribution >= 0.6 is 0 Å². The van der Waals surface area contributed by atoms with E-state index >= 15 is 0 Å². The van der Waals surface area contributed by atoms with Gasteiger partial charge >= 0.3 is 0 Å². The van der Waals surface area contributed by atoms with E-state index in [-0.39, 0.29) is 5.75 Å². The molecule has 3 aromatic carbocycles. The number of aryl methyl sites for hydroxylation is 1. The molecule has 36 heavy (non-hydrogen) atoms. The van der Waals surface area contributed by atoms with Crippen LogP contribution in [0.25, 0.3) is 5.69 Å². The van der Waals surface area contributed by atoms with Crippen molar-refractivity contribution in [1.82, 2.24) is 14.7 Å². The maximum Gasteiger partial charge on any atom is 0.227 e. The molecule has 5 nitrogen and oxygen atoms in total. The topological polar surface area (TPSA) is 50.5 Å². The SMILES string of the molecule is CCc1nn(-c2ccccc2)c(Oc2ccccc2F)c1CN(CC(O)Cc1ccccc1)C1CC1. The Morgan fingerprint density at radius 2 is 1.67 bits per heavy atom. The Balaban J connectivity index is 1.47. The Morgan fingerprint density at radius 1 is 1.00 bits per heavy atom. The fourth-order valence-corrected chi connectivity index (χ4v) is 4.61. The molecule has 0 amide bonds. The number of aliphatic hydroxyl groups excluding tert-OH is 1. The van der Waals surface area contributed by atoms with Crippen LogP contribution < -0.4 is 4.74 Å². The van der Waals surface area contributed by atoms with Crippen LogP contribution in [-0.2, 0) is 19.4 Å². The minimum Gasteiger partial charge on any atom is -0.435 e. The maximum atomic E-state index is 14.6. The highest BCUT2D eigenvalue weighted by atomic mass is 19.1. The molecule has 1 aliphatic carbocycles. The molecule has 1 unspecified atom stereocenters. The molecule has 1 saturated carbocycles. The van der Waals surface area contributed by atoms with Gasteiger partial charge in [-0.05, 0) is 55.5 Å². The molecule has 0 saturated heterocycles. The lowest BCUT2D eigenvalue weighted by molar-refractivity contribution is 0.103. The van der Waals surface area contributed by atoms with Crippen molar-refractivity contribution in [3.05, 3.63) is 108 Å². The van der Waals surface area contributed by atoms with E-state index in [1.165, 1.54) is 6.07 Å². The molecular weight excluding hydrogens is 453 g/mol. The number of aliphatic hydroxyl groups is 1. The molecule has 186 valence electrons. The third-order valence-corrected chi connectivity index (χ3v) is 6.58. The van der Waals surface area contributed by atoms with Crippen molar-refractivity contribution in [2.75, 3.05) is 6.54 Å². The number of nitrogens with zero attached hydrogens (tertiary/aromatic N) is 3. The van der Waals surface area contributed by atoms with Crippen molar-refractivity contribution in [2.45, 2.75) is 51.3 Å². The van der Waals surface area contributed by atoms with E-state index in [4.69, 9.17) is 9.84 Å². The molecule has 1 atom stereocenters. The van der Waals surface area contributed by atoms with Gasteiger partial charge in [0.2, 0.25) is 5.88 Å². The first-order valence-corrected chi connectivity index (χ1v) is 12.7. The van der Waals surface area contributed by atoms with Crippen molar-refractivity contribution >= 4 is 0 Å². The van der Waals surface area contributed by atoms with Crippen molar-refractivity contribution in [1.29, 1.82) is 0 Å². The lowest BCUT2D eigenvalue weighted by Gasteiger charge is -2.25. The summed E-state index contributed by atoms with van der Waals surface area (Å²) < 4.78 is 22.6. The zero-order valence-electron chi connectivity index (χ0n) is 20.6. The first-order chi connectivity index (χ1) is 17.6. The number of aromatic nitrogens is 2. The van der Waals surface area contributed by atoms with Gasteiger partial charge < -0.3 is 9.84 Å². The van der Waals surface area contributed by atoms with E-state index < -0.39 is 11.9 Å². The summed E-state index contributed by atoms with van der Waals surface area (Å²) in [5, 5.41) is 15.8. The van der Waals surface area contributed by atoms with Crippen LogP contribution in [0, 0.1) is 5.82 Å². The van der Waals surface area contributed by atoms with Gasteiger partial charge in [0.05, 0.1) is 23.0 Å². The quantitative estimate of drug-likeness (QED) is 0.286. The van der Waals surface area contributed by atoms with Gasteiger partial charge in [0.25, 0.3) is 0 Å². The molecular formula is C30H32FN3O2. The Morgan fingerprint density at radius 3 is 2.33 bits per heavy atom. The van der Waals surface area contributed by atoms with Crippen molar-refractivity contribution in [3.63, 3.8) is 0 Å². The summed E-state index contributed by atoms with van der Waals surface area (Å²) in [5.41, 5.74) is 3.82. The van der Waals surface area contributed by atoms with E-state index in [1.54, 1.807) is 22.9 Å². The third-order valence-electron chi connectivity index (χ3n) is 6.58. The van der Waals surface area contributed by atoms with Crippen LogP contribution in [0.3, 0.4) is 0 Å². The van der Waals surface area contributed by atoms with E-state index in [1.807, 2.05) is 60.7 Å². The second-order valence-electron chi connectivity index (χ2n) is 9.37. The largest absolute Gasteiger partial charge is 0.435 e. The Hall–Kier alpha value is -3.48. The summed E-state index contributed by atoms with van der Waals surface area (Å²) in [6.45, 7) is 3.20. The highest BCUT2D eigenvalue weighted by molar-refractivity contribution is 5.44. The molecule has 1 N–H and O–H groups in total. The van der Waals surface area contributed by atoms with Gasteiger partial charge in [0.15, 0.2) is 11.6 Å². The molecule has 1 aliphatic rings. The fourth-order valence-electron chi connectivity index (χ4n) is 4.61. The van der Waals surface area contributed by atoms with Crippen LogP contribution in [-0.4, -0.2) is 38.5 Å². The summed E-state index contributed by atoms with van der Waals surface area (Å²) >= 11 is 0. The number of hydrogen-bond acceptors (Lipinski definition) is 4. The lowest BCUT2D eigenvalue weighted by Crippen LogP contribution is -2.35.